The fourth-order valence-corrected chi connectivity index (χ4v) is 2.68. The van der Waals surface area contributed by atoms with Gasteiger partial charge in [0.2, 0.25) is 0 Å². The summed E-state index contributed by atoms with van der Waals surface area (Å²) in [6.45, 7) is 6.19. The van der Waals surface area contributed by atoms with E-state index in [-0.39, 0.29) is 0 Å². The van der Waals surface area contributed by atoms with Crippen molar-refractivity contribution >= 4 is 11.3 Å². The molecule has 0 aliphatic carbocycles. The normalized spacial score (nSPS) is 12.3. The first-order chi connectivity index (χ1) is 12.7. The number of nitrogens with zero attached hydrogens (tertiary/aromatic N) is 3. The zero-order valence-corrected chi connectivity index (χ0v) is 15.5. The second kappa shape index (κ2) is 8.34. The first kappa shape index (κ1) is 17.7. The third-order valence-electron chi connectivity index (χ3n) is 4.35. The molecular formula is C23H23N3. The number of pyridine rings is 2. The highest BCUT2D eigenvalue weighted by Gasteiger charge is 2.04. The molecule has 0 spiro atoms. The summed E-state index contributed by atoms with van der Waals surface area (Å²) in [5.41, 5.74) is 7.51. The van der Waals surface area contributed by atoms with Gasteiger partial charge in [-0.3, -0.25) is 15.0 Å². The number of rotatable bonds is 5. The van der Waals surface area contributed by atoms with Crippen LogP contribution < -0.4 is 0 Å². The fourth-order valence-electron chi connectivity index (χ4n) is 2.68. The van der Waals surface area contributed by atoms with Gasteiger partial charge in [0.05, 0.1) is 11.4 Å². The van der Waals surface area contributed by atoms with Crippen LogP contribution in [0.5, 0.6) is 0 Å². The van der Waals surface area contributed by atoms with E-state index in [0.29, 0.717) is 0 Å². The Morgan fingerprint density at radius 1 is 1.00 bits per heavy atom. The van der Waals surface area contributed by atoms with Gasteiger partial charge in [-0.2, -0.15) is 0 Å². The van der Waals surface area contributed by atoms with E-state index in [2.05, 4.69) is 53.1 Å². The Bertz CT molecular complexity index is 940. The van der Waals surface area contributed by atoms with Crippen LogP contribution in [-0.2, 0) is 6.42 Å². The molecule has 0 atom stereocenters. The highest BCUT2D eigenvalue weighted by molar-refractivity contribution is 5.98. The maximum atomic E-state index is 4.62. The number of benzene rings is 1. The van der Waals surface area contributed by atoms with Gasteiger partial charge in [0, 0.05) is 30.4 Å². The zero-order valence-electron chi connectivity index (χ0n) is 15.5. The number of hydrogen-bond acceptors (Lipinski definition) is 3. The predicted molar refractivity (Wildman–Crippen MR) is 109 cm³/mol. The number of hydrogen-bond donors (Lipinski definition) is 0. The molecule has 0 fully saturated rings. The maximum Gasteiger partial charge on any atom is 0.0847 e. The number of aromatic nitrogens is 2. The Kier molecular flexibility index (Phi) is 5.69. The van der Waals surface area contributed by atoms with E-state index in [9.17, 15) is 0 Å². The van der Waals surface area contributed by atoms with Crippen LogP contribution >= 0.6 is 0 Å². The van der Waals surface area contributed by atoms with Crippen LogP contribution in [0.3, 0.4) is 0 Å². The maximum absolute atomic E-state index is 4.62. The Hall–Kier alpha value is -3.07. The molecule has 0 N–H and O–H groups in total. The van der Waals surface area contributed by atoms with Gasteiger partial charge in [-0.25, -0.2) is 0 Å². The van der Waals surface area contributed by atoms with Gasteiger partial charge in [-0.1, -0.05) is 37.3 Å². The average Bonchev–Trinajstić information content (AvgIpc) is 2.72. The molecular weight excluding hydrogens is 318 g/mol. The lowest BCUT2D eigenvalue weighted by atomic mass is 10.0. The molecule has 0 bridgehead atoms. The van der Waals surface area contributed by atoms with E-state index in [1.54, 1.807) is 0 Å². The lowest BCUT2D eigenvalue weighted by molar-refractivity contribution is 1.10. The number of allylic oxidation sites excluding steroid dienone is 1. The van der Waals surface area contributed by atoms with Gasteiger partial charge in [0.1, 0.15) is 0 Å². The summed E-state index contributed by atoms with van der Waals surface area (Å²) < 4.78 is 0. The topological polar surface area (TPSA) is 38.1 Å². The van der Waals surface area contributed by atoms with Gasteiger partial charge in [-0.15, -0.1) is 0 Å². The summed E-state index contributed by atoms with van der Waals surface area (Å²) in [7, 11) is 0. The molecule has 0 amide bonds. The fraction of sp³-hybridized carbons (Fsp3) is 0.174. The Morgan fingerprint density at radius 2 is 1.81 bits per heavy atom. The van der Waals surface area contributed by atoms with E-state index >= 15 is 0 Å². The van der Waals surface area contributed by atoms with Crippen LogP contribution in [0.25, 0.3) is 16.7 Å². The van der Waals surface area contributed by atoms with Crippen molar-refractivity contribution in [2.24, 2.45) is 4.99 Å². The molecule has 3 aromatic rings. The van der Waals surface area contributed by atoms with E-state index in [1.165, 1.54) is 11.1 Å². The molecule has 0 aliphatic heterocycles. The van der Waals surface area contributed by atoms with Gasteiger partial charge in [0.15, 0.2) is 0 Å². The highest BCUT2D eigenvalue weighted by Crippen LogP contribution is 2.20. The van der Waals surface area contributed by atoms with Crippen molar-refractivity contribution in [2.45, 2.75) is 27.2 Å². The van der Waals surface area contributed by atoms with Crippen LogP contribution in [0.2, 0.25) is 0 Å². The van der Waals surface area contributed by atoms with Gasteiger partial charge < -0.3 is 0 Å². The lowest BCUT2D eigenvalue weighted by Crippen LogP contribution is -1.98. The second-order valence-electron chi connectivity index (χ2n) is 6.26. The summed E-state index contributed by atoms with van der Waals surface area (Å²) >= 11 is 0. The zero-order chi connectivity index (χ0) is 18.4. The molecule has 0 aliphatic rings. The minimum atomic E-state index is 0.876. The van der Waals surface area contributed by atoms with Crippen molar-refractivity contribution < 1.29 is 0 Å². The third-order valence-corrected chi connectivity index (χ3v) is 4.35. The van der Waals surface area contributed by atoms with Crippen molar-refractivity contribution in [2.75, 3.05) is 0 Å². The standard InChI is InChI=1S/C23H23N3/c1-4-19-12-22(16-24-15-19)21-10-11-25-23(13-21)18(3)26-14-17(2)20-8-6-5-7-9-20/h5-16H,4H2,1-3H3/b17-14+,26-18?. The molecule has 0 unspecified atom stereocenters. The van der Waals surface area contributed by atoms with Crippen LogP contribution in [-0.4, -0.2) is 15.7 Å². The molecule has 26 heavy (non-hydrogen) atoms. The second-order valence-corrected chi connectivity index (χ2v) is 6.26. The average molecular weight is 341 g/mol. The first-order valence-corrected chi connectivity index (χ1v) is 8.84. The quantitative estimate of drug-likeness (QED) is 0.568. The van der Waals surface area contributed by atoms with Crippen LogP contribution in [0.15, 0.2) is 78.3 Å². The summed E-state index contributed by atoms with van der Waals surface area (Å²) in [5, 5.41) is 0. The minimum Gasteiger partial charge on any atom is -0.264 e. The van der Waals surface area contributed by atoms with E-state index in [1.807, 2.05) is 56.0 Å². The summed E-state index contributed by atoms with van der Waals surface area (Å²) in [6.07, 6.45) is 8.51. The summed E-state index contributed by atoms with van der Waals surface area (Å²) in [5.74, 6) is 0. The molecule has 0 saturated carbocycles. The molecule has 3 rings (SSSR count). The van der Waals surface area contributed by atoms with Gasteiger partial charge in [-0.05, 0) is 60.7 Å². The smallest absolute Gasteiger partial charge is 0.0847 e. The van der Waals surface area contributed by atoms with Crippen LogP contribution in [0.4, 0.5) is 0 Å². The molecule has 130 valence electrons. The van der Waals surface area contributed by atoms with Crippen molar-refractivity contribution in [3.63, 3.8) is 0 Å². The molecule has 3 heteroatoms. The highest BCUT2D eigenvalue weighted by atomic mass is 14.8. The van der Waals surface area contributed by atoms with Gasteiger partial charge >= 0.3 is 0 Å². The molecule has 0 radical (unpaired) electrons. The Morgan fingerprint density at radius 3 is 2.58 bits per heavy atom. The Labute approximate surface area is 155 Å². The summed E-state index contributed by atoms with van der Waals surface area (Å²) in [6, 6.07) is 16.5. The van der Waals surface area contributed by atoms with Crippen molar-refractivity contribution in [1.29, 1.82) is 0 Å². The van der Waals surface area contributed by atoms with Crippen molar-refractivity contribution in [3.05, 3.63) is 90.1 Å². The monoisotopic (exact) mass is 341 g/mol. The van der Waals surface area contributed by atoms with Crippen molar-refractivity contribution in [3.8, 4) is 11.1 Å². The lowest BCUT2D eigenvalue weighted by Gasteiger charge is -2.06. The largest absolute Gasteiger partial charge is 0.264 e. The third kappa shape index (κ3) is 4.31. The minimum absolute atomic E-state index is 0.876. The molecule has 2 heterocycles. The van der Waals surface area contributed by atoms with Gasteiger partial charge in [0.25, 0.3) is 0 Å². The molecule has 2 aromatic heterocycles. The molecule has 1 aromatic carbocycles. The van der Waals surface area contributed by atoms with Crippen LogP contribution in [0, 0.1) is 0 Å². The number of aliphatic imine (C=N–C) groups is 1. The molecule has 3 nitrogen and oxygen atoms in total. The Balaban J connectivity index is 1.87. The van der Waals surface area contributed by atoms with E-state index in [0.717, 1.165) is 34.5 Å². The molecule has 0 saturated heterocycles. The van der Waals surface area contributed by atoms with E-state index in [4.69, 9.17) is 0 Å². The van der Waals surface area contributed by atoms with E-state index < -0.39 is 0 Å². The predicted octanol–water partition coefficient (Wildman–Crippen LogP) is 5.58. The summed E-state index contributed by atoms with van der Waals surface area (Å²) in [4.78, 5) is 13.4. The van der Waals surface area contributed by atoms with Crippen molar-refractivity contribution in [1.82, 2.24) is 9.97 Å². The first-order valence-electron chi connectivity index (χ1n) is 8.84. The number of aryl methyl sites for hydroxylation is 1. The SMILES string of the molecule is CCc1cncc(-c2ccnc(C(C)=N/C=C(\C)c3ccccc3)c2)c1. The van der Waals surface area contributed by atoms with Crippen LogP contribution in [0.1, 0.15) is 37.6 Å².